The Balaban J connectivity index is 1.65. The molecule has 2 rings (SSSR count). The molecule has 1 heterocycles. The summed E-state index contributed by atoms with van der Waals surface area (Å²) in [6.07, 6.45) is 4.19. The molecular weight excluding hydrogens is 266 g/mol. The van der Waals surface area contributed by atoms with Gasteiger partial charge < -0.3 is 10.1 Å². The van der Waals surface area contributed by atoms with E-state index in [4.69, 9.17) is 4.74 Å². The Morgan fingerprint density at radius 2 is 2.10 bits per heavy atom. The van der Waals surface area contributed by atoms with Crippen LogP contribution in [0, 0.1) is 5.92 Å². The van der Waals surface area contributed by atoms with Crippen LogP contribution >= 0.6 is 11.8 Å². The molecule has 1 unspecified atom stereocenters. The predicted octanol–water partition coefficient (Wildman–Crippen LogP) is 4.09. The number of benzene rings is 1. The van der Waals surface area contributed by atoms with Crippen LogP contribution in [0.4, 0.5) is 0 Å². The van der Waals surface area contributed by atoms with Crippen molar-refractivity contribution < 1.29 is 4.74 Å². The minimum atomic E-state index is 0.516. The van der Waals surface area contributed by atoms with Crippen LogP contribution in [0.3, 0.4) is 0 Å². The predicted molar refractivity (Wildman–Crippen MR) is 87.3 cm³/mol. The van der Waals surface area contributed by atoms with Crippen LogP contribution in [0.25, 0.3) is 0 Å². The van der Waals surface area contributed by atoms with Gasteiger partial charge in [-0.15, -0.1) is 11.8 Å². The van der Waals surface area contributed by atoms with E-state index in [0.29, 0.717) is 12.0 Å². The lowest BCUT2D eigenvalue weighted by Gasteiger charge is -2.09. The van der Waals surface area contributed by atoms with Gasteiger partial charge in [-0.05, 0) is 49.4 Å². The molecule has 1 aliphatic rings. The summed E-state index contributed by atoms with van der Waals surface area (Å²) >= 11 is 1.94. The molecule has 0 spiro atoms. The monoisotopic (exact) mass is 293 g/mol. The summed E-state index contributed by atoms with van der Waals surface area (Å²) in [6.45, 7) is 7.49. The van der Waals surface area contributed by atoms with Gasteiger partial charge in [-0.3, -0.25) is 0 Å². The van der Waals surface area contributed by atoms with Gasteiger partial charge in [0.05, 0.1) is 6.10 Å². The third-order valence-corrected chi connectivity index (χ3v) is 4.58. The normalized spacial score (nSPS) is 18.9. The van der Waals surface area contributed by atoms with E-state index in [1.165, 1.54) is 29.7 Å². The molecule has 0 aromatic heterocycles. The van der Waals surface area contributed by atoms with Crippen molar-refractivity contribution >= 4 is 11.8 Å². The van der Waals surface area contributed by atoms with E-state index in [0.717, 1.165) is 25.4 Å². The van der Waals surface area contributed by atoms with Crippen molar-refractivity contribution in [2.75, 3.05) is 18.9 Å². The molecule has 1 N–H and O–H groups in total. The van der Waals surface area contributed by atoms with Gasteiger partial charge in [-0.1, -0.05) is 26.0 Å². The molecule has 20 heavy (non-hydrogen) atoms. The van der Waals surface area contributed by atoms with E-state index in [1.54, 1.807) is 0 Å². The second kappa shape index (κ2) is 8.71. The zero-order valence-corrected chi connectivity index (χ0v) is 13.5. The standard InChI is InChI=1S/C17H27NOS/c1-14(2)12-18-13-15-5-7-17(8-6-15)20-11-9-16-4-3-10-19-16/h5-8,14,16,18H,3-4,9-13H2,1-2H3. The van der Waals surface area contributed by atoms with Crippen molar-refractivity contribution in [2.45, 2.75) is 50.7 Å². The third kappa shape index (κ3) is 5.86. The van der Waals surface area contributed by atoms with E-state index in [1.807, 2.05) is 11.8 Å². The fourth-order valence-corrected chi connectivity index (χ4v) is 3.33. The Bertz CT molecular complexity index is 371. The van der Waals surface area contributed by atoms with Gasteiger partial charge in [0.1, 0.15) is 0 Å². The highest BCUT2D eigenvalue weighted by Crippen LogP contribution is 2.23. The van der Waals surface area contributed by atoms with Crippen molar-refractivity contribution in [3.05, 3.63) is 29.8 Å². The van der Waals surface area contributed by atoms with Crippen LogP contribution in [-0.4, -0.2) is 25.0 Å². The lowest BCUT2D eigenvalue weighted by molar-refractivity contribution is 0.109. The minimum Gasteiger partial charge on any atom is -0.378 e. The fraction of sp³-hybridized carbons (Fsp3) is 0.647. The summed E-state index contributed by atoms with van der Waals surface area (Å²) in [5, 5.41) is 3.48. The smallest absolute Gasteiger partial charge is 0.0584 e. The topological polar surface area (TPSA) is 21.3 Å². The average molecular weight is 293 g/mol. The number of hydrogen-bond acceptors (Lipinski definition) is 3. The van der Waals surface area contributed by atoms with E-state index >= 15 is 0 Å². The zero-order chi connectivity index (χ0) is 14.2. The van der Waals surface area contributed by atoms with Gasteiger partial charge in [0.2, 0.25) is 0 Å². The molecule has 0 amide bonds. The zero-order valence-electron chi connectivity index (χ0n) is 12.7. The molecule has 1 atom stereocenters. The lowest BCUT2D eigenvalue weighted by Crippen LogP contribution is -2.18. The summed E-state index contributed by atoms with van der Waals surface area (Å²) in [7, 11) is 0. The molecule has 112 valence electrons. The molecule has 0 saturated carbocycles. The number of thioether (sulfide) groups is 1. The second-order valence-electron chi connectivity index (χ2n) is 5.94. The SMILES string of the molecule is CC(C)CNCc1ccc(SCCC2CCCO2)cc1. The highest BCUT2D eigenvalue weighted by molar-refractivity contribution is 7.99. The first kappa shape index (κ1) is 15.9. The second-order valence-corrected chi connectivity index (χ2v) is 7.11. The first-order valence-corrected chi connectivity index (χ1v) is 8.76. The molecule has 0 bridgehead atoms. The van der Waals surface area contributed by atoms with Gasteiger partial charge >= 0.3 is 0 Å². The maximum absolute atomic E-state index is 5.65. The van der Waals surface area contributed by atoms with Gasteiger partial charge in [-0.2, -0.15) is 0 Å². The van der Waals surface area contributed by atoms with Crippen LogP contribution in [-0.2, 0) is 11.3 Å². The summed E-state index contributed by atoms with van der Waals surface area (Å²) in [5.41, 5.74) is 1.37. The maximum Gasteiger partial charge on any atom is 0.0584 e. The number of nitrogens with one attached hydrogen (secondary N) is 1. The van der Waals surface area contributed by atoms with E-state index < -0.39 is 0 Å². The molecule has 0 radical (unpaired) electrons. The Morgan fingerprint density at radius 1 is 1.30 bits per heavy atom. The molecule has 3 heteroatoms. The number of hydrogen-bond donors (Lipinski definition) is 1. The van der Waals surface area contributed by atoms with Crippen molar-refractivity contribution in [1.29, 1.82) is 0 Å². The van der Waals surface area contributed by atoms with Gasteiger partial charge in [0.25, 0.3) is 0 Å². The van der Waals surface area contributed by atoms with Crippen molar-refractivity contribution in [3.8, 4) is 0 Å². The summed E-state index contributed by atoms with van der Waals surface area (Å²) in [6, 6.07) is 8.96. The largest absolute Gasteiger partial charge is 0.378 e. The van der Waals surface area contributed by atoms with Crippen LogP contribution in [0.2, 0.25) is 0 Å². The lowest BCUT2D eigenvalue weighted by atomic mass is 10.2. The molecule has 1 fully saturated rings. The minimum absolute atomic E-state index is 0.516. The van der Waals surface area contributed by atoms with Crippen LogP contribution in [0.1, 0.15) is 38.7 Å². The van der Waals surface area contributed by atoms with Gasteiger partial charge in [-0.25, -0.2) is 0 Å². The highest BCUT2D eigenvalue weighted by atomic mass is 32.2. The van der Waals surface area contributed by atoms with Crippen molar-refractivity contribution in [1.82, 2.24) is 5.32 Å². The molecule has 2 nitrogen and oxygen atoms in total. The van der Waals surface area contributed by atoms with Crippen LogP contribution < -0.4 is 5.32 Å². The van der Waals surface area contributed by atoms with Crippen molar-refractivity contribution in [2.24, 2.45) is 5.92 Å². The molecule has 0 aliphatic carbocycles. The summed E-state index contributed by atoms with van der Waals surface area (Å²) in [4.78, 5) is 1.37. The molecule has 1 aliphatic heterocycles. The molecular formula is C17H27NOS. The van der Waals surface area contributed by atoms with Crippen molar-refractivity contribution in [3.63, 3.8) is 0 Å². The van der Waals surface area contributed by atoms with E-state index in [-0.39, 0.29) is 0 Å². The van der Waals surface area contributed by atoms with Gasteiger partial charge in [0.15, 0.2) is 0 Å². The number of ether oxygens (including phenoxy) is 1. The number of rotatable bonds is 8. The highest BCUT2D eigenvalue weighted by Gasteiger charge is 2.14. The fourth-order valence-electron chi connectivity index (χ4n) is 2.39. The third-order valence-electron chi connectivity index (χ3n) is 3.54. The van der Waals surface area contributed by atoms with Gasteiger partial charge in [0, 0.05) is 23.8 Å². The van der Waals surface area contributed by atoms with Crippen LogP contribution in [0.5, 0.6) is 0 Å². The average Bonchev–Trinajstić information content (AvgIpc) is 2.93. The quantitative estimate of drug-likeness (QED) is 0.729. The molecule has 1 saturated heterocycles. The van der Waals surface area contributed by atoms with E-state index in [9.17, 15) is 0 Å². The first-order chi connectivity index (χ1) is 9.74. The summed E-state index contributed by atoms with van der Waals surface area (Å²) < 4.78 is 5.65. The summed E-state index contributed by atoms with van der Waals surface area (Å²) in [5.74, 6) is 1.87. The first-order valence-electron chi connectivity index (χ1n) is 7.78. The Kier molecular flexibility index (Phi) is 6.91. The molecule has 1 aromatic rings. The van der Waals surface area contributed by atoms with Crippen LogP contribution in [0.15, 0.2) is 29.2 Å². The Morgan fingerprint density at radius 3 is 2.75 bits per heavy atom. The Hall–Kier alpha value is -0.510. The Labute approximate surface area is 127 Å². The van der Waals surface area contributed by atoms with E-state index in [2.05, 4.69) is 43.4 Å². The molecule has 1 aromatic carbocycles. The maximum atomic E-state index is 5.65.